The SMILES string of the molecule is CC(C)(C)OC(=O)N1C2CC1CN(c1ccc(C#N)cc1)C2. The van der Waals surface area contributed by atoms with Gasteiger partial charge in [-0.25, -0.2) is 4.79 Å². The van der Waals surface area contributed by atoms with Crippen LogP contribution in [0.25, 0.3) is 0 Å². The lowest BCUT2D eigenvalue weighted by atomic mass is 9.87. The fourth-order valence-corrected chi connectivity index (χ4v) is 3.18. The minimum Gasteiger partial charge on any atom is -0.444 e. The van der Waals surface area contributed by atoms with Crippen LogP contribution in [-0.2, 0) is 4.74 Å². The topological polar surface area (TPSA) is 56.6 Å². The van der Waals surface area contributed by atoms with Crippen LogP contribution in [0.15, 0.2) is 24.3 Å². The third-order valence-corrected chi connectivity index (χ3v) is 4.16. The Labute approximate surface area is 131 Å². The summed E-state index contributed by atoms with van der Waals surface area (Å²) in [5, 5.41) is 8.85. The number of piperidine rings is 1. The third kappa shape index (κ3) is 2.74. The maximum Gasteiger partial charge on any atom is 0.410 e. The van der Waals surface area contributed by atoms with Crippen LogP contribution in [0.3, 0.4) is 0 Å². The Morgan fingerprint density at radius 3 is 2.32 bits per heavy atom. The van der Waals surface area contributed by atoms with E-state index in [1.807, 2.05) is 49.9 Å². The van der Waals surface area contributed by atoms with Gasteiger partial charge >= 0.3 is 6.09 Å². The molecule has 4 rings (SSSR count). The molecule has 2 bridgehead atoms. The number of benzene rings is 1. The molecule has 2 atom stereocenters. The second-order valence-corrected chi connectivity index (χ2v) is 6.99. The highest BCUT2D eigenvalue weighted by molar-refractivity contribution is 5.71. The Bertz CT molecular complexity index is 600. The van der Waals surface area contributed by atoms with Gasteiger partial charge in [-0.3, -0.25) is 4.90 Å². The molecule has 0 radical (unpaired) electrons. The molecule has 0 saturated carbocycles. The number of nitrogens with zero attached hydrogens (tertiary/aromatic N) is 3. The first kappa shape index (κ1) is 14.7. The molecule has 116 valence electrons. The summed E-state index contributed by atoms with van der Waals surface area (Å²) in [4.78, 5) is 16.4. The minimum atomic E-state index is -0.451. The number of anilines is 1. The lowest BCUT2D eigenvalue weighted by Crippen LogP contribution is -2.70. The molecule has 0 aliphatic carbocycles. The number of ether oxygens (including phenoxy) is 1. The van der Waals surface area contributed by atoms with Crippen molar-refractivity contribution >= 4 is 11.8 Å². The smallest absolute Gasteiger partial charge is 0.410 e. The normalized spacial score (nSPS) is 23.5. The summed E-state index contributed by atoms with van der Waals surface area (Å²) in [5.41, 5.74) is 1.33. The summed E-state index contributed by atoms with van der Waals surface area (Å²) < 4.78 is 5.48. The number of piperazine rings is 1. The summed E-state index contributed by atoms with van der Waals surface area (Å²) in [6, 6.07) is 10.2. The molecule has 5 nitrogen and oxygen atoms in total. The van der Waals surface area contributed by atoms with Gasteiger partial charge in [0.1, 0.15) is 5.60 Å². The first-order valence-corrected chi connectivity index (χ1v) is 7.64. The molecule has 0 aromatic heterocycles. The summed E-state index contributed by atoms with van der Waals surface area (Å²) in [5.74, 6) is 0. The molecule has 3 fully saturated rings. The van der Waals surface area contributed by atoms with E-state index in [9.17, 15) is 4.79 Å². The van der Waals surface area contributed by atoms with Crippen LogP contribution in [0.4, 0.5) is 10.5 Å². The van der Waals surface area contributed by atoms with E-state index >= 15 is 0 Å². The summed E-state index contributed by atoms with van der Waals surface area (Å²) in [7, 11) is 0. The number of rotatable bonds is 1. The molecule has 1 aromatic rings. The van der Waals surface area contributed by atoms with Crippen LogP contribution >= 0.6 is 0 Å². The summed E-state index contributed by atoms with van der Waals surface area (Å²) in [6.07, 6.45) is 0.847. The summed E-state index contributed by atoms with van der Waals surface area (Å²) in [6.45, 7) is 7.32. The molecule has 2 unspecified atom stereocenters. The van der Waals surface area contributed by atoms with E-state index in [0.717, 1.165) is 25.2 Å². The van der Waals surface area contributed by atoms with Crippen LogP contribution in [0.2, 0.25) is 0 Å². The number of carbonyl (C=O) groups excluding carboxylic acids is 1. The highest BCUT2D eigenvalue weighted by atomic mass is 16.6. The van der Waals surface area contributed by atoms with Crippen molar-refractivity contribution in [3.05, 3.63) is 29.8 Å². The fourth-order valence-electron chi connectivity index (χ4n) is 3.18. The molecular weight excluding hydrogens is 278 g/mol. The second-order valence-electron chi connectivity index (χ2n) is 6.99. The lowest BCUT2D eigenvalue weighted by molar-refractivity contribution is -0.0379. The zero-order valence-electron chi connectivity index (χ0n) is 13.2. The van der Waals surface area contributed by atoms with Gasteiger partial charge in [0.25, 0.3) is 0 Å². The van der Waals surface area contributed by atoms with Gasteiger partial charge in [0.15, 0.2) is 0 Å². The van der Waals surface area contributed by atoms with E-state index in [4.69, 9.17) is 10.00 Å². The molecular formula is C17H21N3O2. The van der Waals surface area contributed by atoms with Crippen molar-refractivity contribution in [2.45, 2.75) is 44.9 Å². The Hall–Kier alpha value is -2.22. The molecule has 3 aliphatic rings. The maximum atomic E-state index is 12.2. The third-order valence-electron chi connectivity index (χ3n) is 4.16. The molecule has 0 N–H and O–H groups in total. The van der Waals surface area contributed by atoms with Crippen molar-refractivity contribution in [1.29, 1.82) is 5.26 Å². The molecule has 3 heterocycles. The maximum absolute atomic E-state index is 12.2. The zero-order valence-corrected chi connectivity index (χ0v) is 13.2. The average molecular weight is 299 g/mol. The predicted octanol–water partition coefficient (Wildman–Crippen LogP) is 2.76. The number of carbonyl (C=O) groups is 1. The number of nitriles is 1. The number of amides is 1. The first-order valence-electron chi connectivity index (χ1n) is 7.64. The van der Waals surface area contributed by atoms with Crippen molar-refractivity contribution in [2.75, 3.05) is 18.0 Å². The van der Waals surface area contributed by atoms with Crippen LogP contribution in [-0.4, -0.2) is 41.8 Å². The second kappa shape index (κ2) is 5.20. The Morgan fingerprint density at radius 1 is 1.23 bits per heavy atom. The van der Waals surface area contributed by atoms with Crippen LogP contribution < -0.4 is 4.90 Å². The molecule has 3 saturated heterocycles. The molecule has 3 aliphatic heterocycles. The van der Waals surface area contributed by atoms with E-state index in [-0.39, 0.29) is 18.2 Å². The van der Waals surface area contributed by atoms with Crippen LogP contribution in [0.1, 0.15) is 32.8 Å². The van der Waals surface area contributed by atoms with Gasteiger partial charge < -0.3 is 9.64 Å². The summed E-state index contributed by atoms with van der Waals surface area (Å²) >= 11 is 0. The van der Waals surface area contributed by atoms with Gasteiger partial charge in [0.05, 0.1) is 23.7 Å². The zero-order chi connectivity index (χ0) is 15.9. The number of hydrogen-bond donors (Lipinski definition) is 0. The van der Waals surface area contributed by atoms with Gasteiger partial charge in [-0.15, -0.1) is 0 Å². The molecule has 1 aromatic carbocycles. The average Bonchev–Trinajstić information content (AvgIpc) is 2.45. The lowest BCUT2D eigenvalue weighted by Gasteiger charge is -2.56. The van der Waals surface area contributed by atoms with Crippen LogP contribution in [0, 0.1) is 11.3 Å². The van der Waals surface area contributed by atoms with E-state index < -0.39 is 5.60 Å². The van der Waals surface area contributed by atoms with E-state index in [2.05, 4.69) is 11.0 Å². The Morgan fingerprint density at radius 2 is 1.82 bits per heavy atom. The Balaban J connectivity index is 1.64. The van der Waals surface area contributed by atoms with E-state index in [0.29, 0.717) is 5.56 Å². The molecule has 0 spiro atoms. The molecule has 22 heavy (non-hydrogen) atoms. The first-order chi connectivity index (χ1) is 10.4. The van der Waals surface area contributed by atoms with Crippen molar-refractivity contribution in [3.63, 3.8) is 0 Å². The van der Waals surface area contributed by atoms with Gasteiger partial charge in [0.2, 0.25) is 0 Å². The van der Waals surface area contributed by atoms with Crippen LogP contribution in [0.5, 0.6) is 0 Å². The highest BCUT2D eigenvalue weighted by Crippen LogP contribution is 2.35. The number of fused-ring (bicyclic) bond motifs is 2. The van der Waals surface area contributed by atoms with E-state index in [1.165, 1.54) is 0 Å². The van der Waals surface area contributed by atoms with Crippen molar-refractivity contribution in [1.82, 2.24) is 4.90 Å². The molecule has 1 amide bonds. The predicted molar refractivity (Wildman–Crippen MR) is 83.6 cm³/mol. The largest absolute Gasteiger partial charge is 0.444 e. The Kier molecular flexibility index (Phi) is 3.48. The quantitative estimate of drug-likeness (QED) is 0.800. The van der Waals surface area contributed by atoms with Crippen molar-refractivity contribution in [3.8, 4) is 6.07 Å². The van der Waals surface area contributed by atoms with E-state index in [1.54, 1.807) is 0 Å². The monoisotopic (exact) mass is 299 g/mol. The highest BCUT2D eigenvalue weighted by Gasteiger charge is 2.48. The minimum absolute atomic E-state index is 0.201. The standard InChI is InChI=1S/C17H21N3O2/c1-17(2,3)22-16(21)20-14-8-15(20)11-19(10-14)13-6-4-12(9-18)5-7-13/h4-7,14-15H,8,10-11H2,1-3H3. The van der Waals surface area contributed by atoms with Crippen molar-refractivity contribution < 1.29 is 9.53 Å². The molecule has 5 heteroatoms. The van der Waals surface area contributed by atoms with Gasteiger partial charge in [-0.05, 0) is 51.5 Å². The van der Waals surface area contributed by atoms with Gasteiger partial charge in [0, 0.05) is 18.8 Å². The van der Waals surface area contributed by atoms with Gasteiger partial charge in [-0.1, -0.05) is 0 Å². The number of hydrogen-bond acceptors (Lipinski definition) is 4. The van der Waals surface area contributed by atoms with Gasteiger partial charge in [-0.2, -0.15) is 5.26 Å². The van der Waals surface area contributed by atoms with Crippen molar-refractivity contribution in [2.24, 2.45) is 0 Å². The fraction of sp³-hybridized carbons (Fsp3) is 0.529.